The van der Waals surface area contributed by atoms with Crippen LogP contribution in [0, 0.1) is 17.8 Å². The fourth-order valence-corrected chi connectivity index (χ4v) is 4.39. The van der Waals surface area contributed by atoms with Crippen LogP contribution in [0.3, 0.4) is 0 Å². The van der Waals surface area contributed by atoms with Crippen molar-refractivity contribution in [2.24, 2.45) is 17.8 Å². The maximum atomic E-state index is 12.6. The van der Waals surface area contributed by atoms with Crippen LogP contribution >= 0.6 is 11.3 Å². The number of hydrogen-bond donors (Lipinski definition) is 1. The van der Waals surface area contributed by atoms with Gasteiger partial charge in [0.25, 0.3) is 0 Å². The van der Waals surface area contributed by atoms with E-state index in [-0.39, 0.29) is 11.8 Å². The van der Waals surface area contributed by atoms with Gasteiger partial charge in [0.2, 0.25) is 5.91 Å². The van der Waals surface area contributed by atoms with Crippen LogP contribution in [0.4, 0.5) is 0 Å². The highest BCUT2D eigenvalue weighted by Crippen LogP contribution is 2.35. The first-order valence-corrected chi connectivity index (χ1v) is 9.16. The summed E-state index contributed by atoms with van der Waals surface area (Å²) in [4.78, 5) is 19.4. The highest BCUT2D eigenvalue weighted by Gasteiger charge is 2.43. The van der Waals surface area contributed by atoms with Crippen molar-refractivity contribution in [1.82, 2.24) is 15.2 Å². The minimum atomic E-state index is -0.0833. The van der Waals surface area contributed by atoms with E-state index in [2.05, 4.69) is 15.2 Å². The van der Waals surface area contributed by atoms with E-state index in [1.165, 1.54) is 0 Å². The number of carbonyl (C=O) groups excluding carboxylic acids is 1. The van der Waals surface area contributed by atoms with Gasteiger partial charge in [0, 0.05) is 24.7 Å². The number of amides is 1. The van der Waals surface area contributed by atoms with Gasteiger partial charge in [-0.2, -0.15) is 0 Å². The van der Waals surface area contributed by atoms with E-state index in [1.54, 1.807) is 17.6 Å². The van der Waals surface area contributed by atoms with Crippen LogP contribution in [0.2, 0.25) is 0 Å². The predicted molar refractivity (Wildman–Crippen MR) is 89.2 cm³/mol. The van der Waals surface area contributed by atoms with Gasteiger partial charge in [0.1, 0.15) is 10.8 Å². The lowest BCUT2D eigenvalue weighted by Gasteiger charge is -2.31. The Morgan fingerprint density at radius 1 is 1.42 bits per heavy atom. The molecular formula is C17H21N3O3S. The summed E-state index contributed by atoms with van der Waals surface area (Å²) in [6.45, 7) is 4.48. The lowest BCUT2D eigenvalue weighted by Crippen LogP contribution is -2.44. The van der Waals surface area contributed by atoms with Crippen molar-refractivity contribution in [3.63, 3.8) is 0 Å². The summed E-state index contributed by atoms with van der Waals surface area (Å²) in [5, 5.41) is 6.13. The minimum absolute atomic E-state index is 0.0669. The molecule has 1 N–H and O–H groups in total. The third-order valence-corrected chi connectivity index (χ3v) is 5.67. The number of furan rings is 1. The minimum Gasteiger partial charge on any atom is -0.467 e. The molecule has 0 spiro atoms. The highest BCUT2D eigenvalue weighted by atomic mass is 32.1. The van der Waals surface area contributed by atoms with E-state index >= 15 is 0 Å². The van der Waals surface area contributed by atoms with E-state index in [1.807, 2.05) is 23.7 Å². The maximum absolute atomic E-state index is 12.6. The van der Waals surface area contributed by atoms with E-state index in [0.717, 1.165) is 37.0 Å². The Labute approximate surface area is 144 Å². The molecule has 2 aromatic heterocycles. The summed E-state index contributed by atoms with van der Waals surface area (Å²) in [5.74, 6) is 1.54. The van der Waals surface area contributed by atoms with Crippen molar-refractivity contribution < 1.29 is 13.9 Å². The van der Waals surface area contributed by atoms with Crippen molar-refractivity contribution in [1.29, 1.82) is 0 Å². The largest absolute Gasteiger partial charge is 0.467 e. The number of rotatable bonds is 5. The molecule has 3 atom stereocenters. The van der Waals surface area contributed by atoms with Crippen molar-refractivity contribution >= 4 is 17.2 Å². The zero-order chi connectivity index (χ0) is 16.4. The molecule has 4 heterocycles. The lowest BCUT2D eigenvalue weighted by molar-refractivity contribution is -0.133. The Morgan fingerprint density at radius 2 is 2.38 bits per heavy atom. The van der Waals surface area contributed by atoms with Gasteiger partial charge < -0.3 is 14.5 Å². The first-order valence-electron chi connectivity index (χ1n) is 8.28. The first-order chi connectivity index (χ1) is 11.8. The second-order valence-electron chi connectivity index (χ2n) is 6.48. The summed E-state index contributed by atoms with van der Waals surface area (Å²) in [7, 11) is 0. The molecule has 0 unspecified atom stereocenters. The fraction of sp³-hybridized carbons (Fsp3) is 0.529. The number of nitrogens with zero attached hydrogens (tertiary/aromatic N) is 2. The molecule has 24 heavy (non-hydrogen) atoms. The standard InChI is InChI=1S/C17H21N3O3S/c21-17(19-6-13-2-1-4-23-13)15-11-22-10-12-7-20(8-14(12)15)9-16-18-3-5-24-16/h1-5,12,14-15H,6-11H2,(H,19,21)/t12-,14-,15+/m1/s1. The van der Waals surface area contributed by atoms with Crippen LogP contribution in [0.1, 0.15) is 10.8 Å². The quantitative estimate of drug-likeness (QED) is 0.892. The van der Waals surface area contributed by atoms with E-state index in [9.17, 15) is 4.79 Å². The van der Waals surface area contributed by atoms with Gasteiger partial charge in [-0.25, -0.2) is 4.98 Å². The molecule has 1 amide bonds. The summed E-state index contributed by atoms with van der Waals surface area (Å²) in [6, 6.07) is 3.69. The van der Waals surface area contributed by atoms with E-state index in [0.29, 0.717) is 25.0 Å². The van der Waals surface area contributed by atoms with Gasteiger partial charge in [0.05, 0.1) is 38.5 Å². The SMILES string of the molecule is O=C(NCc1ccco1)[C@H]1COC[C@H]2CN(Cc3nccs3)C[C@H]21. The first kappa shape index (κ1) is 15.8. The molecule has 4 rings (SSSR count). The molecule has 0 radical (unpaired) electrons. The number of ether oxygens (including phenoxy) is 1. The molecule has 7 heteroatoms. The van der Waals surface area contributed by atoms with Gasteiger partial charge in [-0.1, -0.05) is 0 Å². The van der Waals surface area contributed by atoms with Crippen molar-refractivity contribution in [2.45, 2.75) is 13.1 Å². The Morgan fingerprint density at radius 3 is 3.17 bits per heavy atom. The molecule has 0 aliphatic carbocycles. The Balaban J connectivity index is 1.36. The molecule has 2 aliphatic heterocycles. The topological polar surface area (TPSA) is 67.6 Å². The zero-order valence-corrected chi connectivity index (χ0v) is 14.2. The molecule has 2 aromatic rings. The molecule has 2 aliphatic rings. The van der Waals surface area contributed by atoms with Crippen molar-refractivity contribution in [2.75, 3.05) is 26.3 Å². The van der Waals surface area contributed by atoms with Crippen LogP contribution in [0.25, 0.3) is 0 Å². The van der Waals surface area contributed by atoms with E-state index < -0.39 is 0 Å². The Hall–Kier alpha value is -1.70. The lowest BCUT2D eigenvalue weighted by atomic mass is 9.82. The molecule has 2 fully saturated rings. The fourth-order valence-electron chi connectivity index (χ4n) is 3.73. The average Bonchev–Trinajstić information content (AvgIpc) is 3.33. The number of fused-ring (bicyclic) bond motifs is 1. The summed E-state index contributed by atoms with van der Waals surface area (Å²) >= 11 is 1.68. The smallest absolute Gasteiger partial charge is 0.226 e. The monoisotopic (exact) mass is 347 g/mol. The maximum Gasteiger partial charge on any atom is 0.226 e. The highest BCUT2D eigenvalue weighted by molar-refractivity contribution is 7.09. The predicted octanol–water partition coefficient (Wildman–Crippen LogP) is 1.75. The second kappa shape index (κ2) is 7.04. The molecule has 128 valence electrons. The van der Waals surface area contributed by atoms with Crippen LogP contribution in [-0.2, 0) is 22.6 Å². The van der Waals surface area contributed by atoms with Gasteiger partial charge >= 0.3 is 0 Å². The van der Waals surface area contributed by atoms with Gasteiger partial charge in [0.15, 0.2) is 0 Å². The molecular weight excluding hydrogens is 326 g/mol. The Bertz CT molecular complexity index is 659. The van der Waals surface area contributed by atoms with Gasteiger partial charge in [-0.15, -0.1) is 11.3 Å². The van der Waals surface area contributed by atoms with Crippen LogP contribution in [0.5, 0.6) is 0 Å². The normalized spacial score (nSPS) is 27.1. The zero-order valence-electron chi connectivity index (χ0n) is 13.4. The van der Waals surface area contributed by atoms with Crippen molar-refractivity contribution in [3.05, 3.63) is 40.7 Å². The number of likely N-dealkylation sites (tertiary alicyclic amines) is 1. The van der Waals surface area contributed by atoms with Crippen molar-refractivity contribution in [3.8, 4) is 0 Å². The molecule has 0 aromatic carbocycles. The van der Waals surface area contributed by atoms with Gasteiger partial charge in [-0.3, -0.25) is 9.69 Å². The molecule has 6 nitrogen and oxygen atoms in total. The third-order valence-electron chi connectivity index (χ3n) is 4.91. The molecule has 0 saturated carbocycles. The van der Waals surface area contributed by atoms with E-state index in [4.69, 9.17) is 9.15 Å². The number of aromatic nitrogens is 1. The number of thiazole rings is 1. The third kappa shape index (κ3) is 3.38. The van der Waals surface area contributed by atoms with Crippen LogP contribution in [-0.4, -0.2) is 42.1 Å². The van der Waals surface area contributed by atoms with Crippen LogP contribution < -0.4 is 5.32 Å². The summed E-state index contributed by atoms with van der Waals surface area (Å²) in [5.41, 5.74) is 0. The second-order valence-corrected chi connectivity index (χ2v) is 7.46. The summed E-state index contributed by atoms with van der Waals surface area (Å²) in [6.07, 6.45) is 3.46. The number of carbonyl (C=O) groups is 1. The van der Waals surface area contributed by atoms with Gasteiger partial charge in [-0.05, 0) is 24.0 Å². The number of hydrogen-bond acceptors (Lipinski definition) is 6. The summed E-state index contributed by atoms with van der Waals surface area (Å²) < 4.78 is 11.0. The van der Waals surface area contributed by atoms with Crippen LogP contribution in [0.15, 0.2) is 34.4 Å². The molecule has 2 saturated heterocycles. The Kier molecular flexibility index (Phi) is 4.64. The molecule has 0 bridgehead atoms. The average molecular weight is 347 g/mol. The number of nitrogens with one attached hydrogen (secondary N) is 1.